The molecule has 0 aromatic heterocycles. The lowest BCUT2D eigenvalue weighted by Gasteiger charge is -2.40. The van der Waals surface area contributed by atoms with E-state index in [0.717, 1.165) is 38.6 Å². The number of primary amides is 1. The van der Waals surface area contributed by atoms with Gasteiger partial charge < -0.3 is 11.1 Å². The van der Waals surface area contributed by atoms with E-state index in [1.165, 1.54) is 5.56 Å². The van der Waals surface area contributed by atoms with Crippen LogP contribution in [0.15, 0.2) is 30.3 Å². The lowest BCUT2D eigenvalue weighted by atomic mass is 9.72. The molecule has 110 valence electrons. The van der Waals surface area contributed by atoms with E-state index in [1.807, 2.05) is 0 Å². The Labute approximate surface area is 121 Å². The smallest absolute Gasteiger partial charge is 0.219 e. The summed E-state index contributed by atoms with van der Waals surface area (Å²) in [4.78, 5) is 11.4. The number of hydrogen-bond acceptors (Lipinski definition) is 2. The minimum atomic E-state index is -0.188. The second-order valence-corrected chi connectivity index (χ2v) is 6.04. The van der Waals surface area contributed by atoms with E-state index in [-0.39, 0.29) is 11.4 Å². The van der Waals surface area contributed by atoms with Gasteiger partial charge in [-0.15, -0.1) is 0 Å². The SMILES string of the molecule is CCCNC1(CC(N)=O)CCC(c2ccccc2)CC1. The predicted octanol–water partition coefficient (Wildman–Crippen LogP) is 2.96. The Morgan fingerprint density at radius 3 is 2.50 bits per heavy atom. The molecule has 0 heterocycles. The maximum absolute atomic E-state index is 11.4. The highest BCUT2D eigenvalue weighted by molar-refractivity contribution is 5.75. The van der Waals surface area contributed by atoms with Gasteiger partial charge in [-0.2, -0.15) is 0 Å². The van der Waals surface area contributed by atoms with Crippen LogP contribution in [0.2, 0.25) is 0 Å². The van der Waals surface area contributed by atoms with E-state index < -0.39 is 0 Å². The molecule has 0 bridgehead atoms. The number of rotatable bonds is 6. The Morgan fingerprint density at radius 2 is 1.95 bits per heavy atom. The first-order valence-corrected chi connectivity index (χ1v) is 7.73. The van der Waals surface area contributed by atoms with Gasteiger partial charge in [0.05, 0.1) is 0 Å². The molecule has 1 aliphatic rings. The lowest BCUT2D eigenvalue weighted by molar-refractivity contribution is -0.119. The molecule has 1 aromatic rings. The second-order valence-electron chi connectivity index (χ2n) is 6.04. The number of nitrogens with one attached hydrogen (secondary N) is 1. The van der Waals surface area contributed by atoms with Crippen LogP contribution in [0, 0.1) is 0 Å². The largest absolute Gasteiger partial charge is 0.370 e. The molecule has 1 saturated carbocycles. The fraction of sp³-hybridized carbons (Fsp3) is 0.588. The highest BCUT2D eigenvalue weighted by Crippen LogP contribution is 2.39. The Bertz CT molecular complexity index is 422. The van der Waals surface area contributed by atoms with Gasteiger partial charge in [-0.25, -0.2) is 0 Å². The van der Waals surface area contributed by atoms with Crippen LogP contribution in [-0.2, 0) is 4.79 Å². The van der Waals surface area contributed by atoms with Crippen molar-refractivity contribution in [1.82, 2.24) is 5.32 Å². The molecule has 3 N–H and O–H groups in total. The van der Waals surface area contributed by atoms with Crippen molar-refractivity contribution < 1.29 is 4.79 Å². The average molecular weight is 274 g/mol. The molecular weight excluding hydrogens is 248 g/mol. The van der Waals surface area contributed by atoms with E-state index in [4.69, 9.17) is 5.73 Å². The first-order valence-electron chi connectivity index (χ1n) is 7.73. The Hall–Kier alpha value is -1.35. The minimum absolute atomic E-state index is 0.0624. The molecule has 0 aliphatic heterocycles. The van der Waals surface area contributed by atoms with Crippen LogP contribution in [-0.4, -0.2) is 18.0 Å². The van der Waals surface area contributed by atoms with Crippen molar-refractivity contribution in [2.75, 3.05) is 6.54 Å². The molecule has 3 heteroatoms. The van der Waals surface area contributed by atoms with Crippen molar-refractivity contribution >= 4 is 5.91 Å². The quantitative estimate of drug-likeness (QED) is 0.838. The van der Waals surface area contributed by atoms with Gasteiger partial charge in [0.2, 0.25) is 5.91 Å². The normalized spacial score (nSPS) is 26.4. The highest BCUT2D eigenvalue weighted by atomic mass is 16.1. The summed E-state index contributed by atoms with van der Waals surface area (Å²) in [6, 6.07) is 10.7. The summed E-state index contributed by atoms with van der Waals surface area (Å²) in [6.07, 6.45) is 5.89. The van der Waals surface area contributed by atoms with Gasteiger partial charge in [0.25, 0.3) is 0 Å². The Balaban J connectivity index is 2.00. The van der Waals surface area contributed by atoms with Crippen molar-refractivity contribution in [3.05, 3.63) is 35.9 Å². The van der Waals surface area contributed by atoms with Gasteiger partial charge >= 0.3 is 0 Å². The summed E-state index contributed by atoms with van der Waals surface area (Å²) < 4.78 is 0. The molecule has 1 aromatic carbocycles. The molecule has 0 spiro atoms. The predicted molar refractivity (Wildman–Crippen MR) is 82.5 cm³/mol. The number of hydrogen-bond donors (Lipinski definition) is 2. The topological polar surface area (TPSA) is 55.1 Å². The summed E-state index contributed by atoms with van der Waals surface area (Å²) in [5.41, 5.74) is 6.81. The molecule has 0 unspecified atom stereocenters. The van der Waals surface area contributed by atoms with Gasteiger partial charge in [0.15, 0.2) is 0 Å². The van der Waals surface area contributed by atoms with Crippen LogP contribution in [0.1, 0.15) is 56.9 Å². The van der Waals surface area contributed by atoms with Crippen molar-refractivity contribution in [1.29, 1.82) is 0 Å². The lowest BCUT2D eigenvalue weighted by Crippen LogP contribution is -2.50. The van der Waals surface area contributed by atoms with Gasteiger partial charge in [-0.3, -0.25) is 4.79 Å². The van der Waals surface area contributed by atoms with Gasteiger partial charge in [0, 0.05) is 12.0 Å². The minimum Gasteiger partial charge on any atom is -0.370 e. The summed E-state index contributed by atoms with van der Waals surface area (Å²) in [6.45, 7) is 3.11. The fourth-order valence-corrected chi connectivity index (χ4v) is 3.37. The molecule has 20 heavy (non-hydrogen) atoms. The van der Waals surface area contributed by atoms with E-state index in [1.54, 1.807) is 0 Å². The Kier molecular flexibility index (Phi) is 5.18. The zero-order valence-electron chi connectivity index (χ0n) is 12.4. The molecule has 0 atom stereocenters. The van der Waals surface area contributed by atoms with Crippen LogP contribution >= 0.6 is 0 Å². The summed E-state index contributed by atoms with van der Waals surface area (Å²) in [7, 11) is 0. The van der Waals surface area contributed by atoms with Crippen LogP contribution in [0.4, 0.5) is 0 Å². The van der Waals surface area contributed by atoms with Gasteiger partial charge in [0.1, 0.15) is 0 Å². The zero-order chi connectivity index (χ0) is 14.4. The van der Waals surface area contributed by atoms with E-state index >= 15 is 0 Å². The van der Waals surface area contributed by atoms with E-state index in [0.29, 0.717) is 12.3 Å². The third-order valence-corrected chi connectivity index (χ3v) is 4.48. The summed E-state index contributed by atoms with van der Waals surface area (Å²) in [5.74, 6) is 0.437. The van der Waals surface area contributed by atoms with Crippen LogP contribution in [0.5, 0.6) is 0 Å². The molecule has 1 amide bonds. The molecule has 1 aliphatic carbocycles. The van der Waals surface area contributed by atoms with E-state index in [2.05, 4.69) is 42.6 Å². The van der Waals surface area contributed by atoms with Crippen molar-refractivity contribution in [3.63, 3.8) is 0 Å². The Morgan fingerprint density at radius 1 is 1.30 bits per heavy atom. The second kappa shape index (κ2) is 6.89. The van der Waals surface area contributed by atoms with Gasteiger partial charge in [-0.1, -0.05) is 37.3 Å². The highest BCUT2D eigenvalue weighted by Gasteiger charge is 2.36. The maximum atomic E-state index is 11.4. The first-order chi connectivity index (χ1) is 9.65. The van der Waals surface area contributed by atoms with Crippen molar-refractivity contribution in [3.8, 4) is 0 Å². The molecule has 0 saturated heterocycles. The average Bonchev–Trinajstić information content (AvgIpc) is 2.46. The zero-order valence-corrected chi connectivity index (χ0v) is 12.4. The van der Waals surface area contributed by atoms with E-state index in [9.17, 15) is 4.79 Å². The standard InChI is InChI=1S/C17H26N2O/c1-2-12-19-17(13-16(18)20)10-8-15(9-11-17)14-6-4-3-5-7-14/h3-7,15,19H,2,8-13H2,1H3,(H2,18,20). The first kappa shape index (κ1) is 15.0. The number of carbonyl (C=O) groups excluding carboxylic acids is 1. The van der Waals surface area contributed by atoms with Crippen LogP contribution in [0.3, 0.4) is 0 Å². The van der Waals surface area contributed by atoms with Gasteiger partial charge in [-0.05, 0) is 50.1 Å². The fourth-order valence-electron chi connectivity index (χ4n) is 3.37. The van der Waals surface area contributed by atoms with Crippen LogP contribution in [0.25, 0.3) is 0 Å². The monoisotopic (exact) mass is 274 g/mol. The van der Waals surface area contributed by atoms with Crippen molar-refractivity contribution in [2.45, 2.75) is 56.9 Å². The third kappa shape index (κ3) is 3.83. The molecule has 0 radical (unpaired) electrons. The summed E-state index contributed by atoms with van der Waals surface area (Å²) >= 11 is 0. The maximum Gasteiger partial charge on any atom is 0.219 e. The van der Waals surface area contributed by atoms with Crippen molar-refractivity contribution in [2.24, 2.45) is 5.73 Å². The molecular formula is C17H26N2O. The number of amides is 1. The number of carbonyl (C=O) groups is 1. The van der Waals surface area contributed by atoms with Crippen LogP contribution < -0.4 is 11.1 Å². The number of nitrogens with two attached hydrogens (primary N) is 1. The third-order valence-electron chi connectivity index (χ3n) is 4.48. The molecule has 3 nitrogen and oxygen atoms in total. The molecule has 1 fully saturated rings. The number of benzene rings is 1. The molecule has 2 rings (SSSR count). The summed E-state index contributed by atoms with van der Waals surface area (Å²) in [5, 5.41) is 3.59.